The smallest absolute Gasteiger partial charge is 0.261 e. The molecule has 0 fully saturated rings. The van der Waals surface area contributed by atoms with Crippen molar-refractivity contribution < 1.29 is 9.21 Å². The second kappa shape index (κ2) is 6.97. The summed E-state index contributed by atoms with van der Waals surface area (Å²) in [6, 6.07) is 11.4. The molecule has 0 aliphatic heterocycles. The Bertz CT molecular complexity index is 812. The summed E-state index contributed by atoms with van der Waals surface area (Å²) < 4.78 is 6.55. The van der Waals surface area contributed by atoms with E-state index in [1.54, 1.807) is 24.8 Å². The third kappa shape index (κ3) is 3.62. The van der Waals surface area contributed by atoms with Crippen molar-refractivity contribution in [3.63, 3.8) is 0 Å². The van der Waals surface area contributed by atoms with Gasteiger partial charge in [-0.05, 0) is 18.7 Å². The first-order valence-corrected chi connectivity index (χ1v) is 8.91. The Morgan fingerprint density at radius 1 is 1.30 bits per heavy atom. The Morgan fingerprint density at radius 3 is 2.83 bits per heavy atom. The molecule has 2 heterocycles. The van der Waals surface area contributed by atoms with E-state index in [0.29, 0.717) is 22.2 Å². The standard InChI is InChI=1S/C16H15N3O2S2/c1-3-22-16-19-18-15(23-16)17-14(20)12-9-13(21-10(12)2)11-7-5-4-6-8-11/h4-9H,3H2,1-2H3,(H,17,18,20). The number of carbonyl (C=O) groups is 1. The molecular formula is C16H15N3O2S2. The van der Waals surface area contributed by atoms with Gasteiger partial charge in [0.2, 0.25) is 5.13 Å². The third-order valence-corrected chi connectivity index (χ3v) is 4.97. The van der Waals surface area contributed by atoms with Gasteiger partial charge in [-0.1, -0.05) is 60.4 Å². The lowest BCUT2D eigenvalue weighted by Gasteiger charge is -1.98. The fourth-order valence-corrected chi connectivity index (χ4v) is 3.70. The topological polar surface area (TPSA) is 68.0 Å². The van der Waals surface area contributed by atoms with Crippen molar-refractivity contribution >= 4 is 34.1 Å². The molecule has 0 saturated heterocycles. The van der Waals surface area contributed by atoms with Gasteiger partial charge in [0.15, 0.2) is 4.34 Å². The zero-order chi connectivity index (χ0) is 16.2. The van der Waals surface area contributed by atoms with Gasteiger partial charge in [0.1, 0.15) is 11.5 Å². The van der Waals surface area contributed by atoms with Gasteiger partial charge in [0.25, 0.3) is 5.91 Å². The van der Waals surface area contributed by atoms with E-state index >= 15 is 0 Å². The normalized spacial score (nSPS) is 10.7. The highest BCUT2D eigenvalue weighted by molar-refractivity contribution is 8.01. The third-order valence-electron chi connectivity index (χ3n) is 3.12. The number of furan rings is 1. The van der Waals surface area contributed by atoms with Gasteiger partial charge in [0, 0.05) is 5.56 Å². The minimum absolute atomic E-state index is 0.238. The summed E-state index contributed by atoms with van der Waals surface area (Å²) in [7, 11) is 0. The van der Waals surface area contributed by atoms with Crippen molar-refractivity contribution in [3.05, 3.63) is 47.7 Å². The summed E-state index contributed by atoms with van der Waals surface area (Å²) >= 11 is 2.97. The maximum atomic E-state index is 12.4. The van der Waals surface area contributed by atoms with Crippen LogP contribution in [0.1, 0.15) is 23.0 Å². The Balaban J connectivity index is 1.78. The average Bonchev–Trinajstić information content (AvgIpc) is 3.15. The van der Waals surface area contributed by atoms with E-state index < -0.39 is 0 Å². The number of hydrogen-bond acceptors (Lipinski definition) is 6. The summed E-state index contributed by atoms with van der Waals surface area (Å²) in [6.07, 6.45) is 0. The molecule has 118 valence electrons. The number of carbonyl (C=O) groups excluding carboxylic acids is 1. The molecule has 2 aromatic heterocycles. The molecule has 0 atom stereocenters. The van der Waals surface area contributed by atoms with Gasteiger partial charge in [-0.3, -0.25) is 10.1 Å². The van der Waals surface area contributed by atoms with Crippen LogP contribution in [0.4, 0.5) is 5.13 Å². The van der Waals surface area contributed by atoms with Crippen LogP contribution in [-0.2, 0) is 0 Å². The highest BCUT2D eigenvalue weighted by Crippen LogP contribution is 2.28. The van der Waals surface area contributed by atoms with Crippen molar-refractivity contribution in [1.82, 2.24) is 10.2 Å². The number of hydrogen-bond donors (Lipinski definition) is 1. The van der Waals surface area contributed by atoms with Crippen LogP contribution in [0.25, 0.3) is 11.3 Å². The molecule has 1 N–H and O–H groups in total. The molecule has 1 aromatic carbocycles. The second-order valence-electron chi connectivity index (χ2n) is 4.71. The van der Waals surface area contributed by atoms with Crippen molar-refractivity contribution in [1.29, 1.82) is 0 Å². The first-order valence-electron chi connectivity index (χ1n) is 7.11. The zero-order valence-corrected chi connectivity index (χ0v) is 14.3. The molecule has 23 heavy (non-hydrogen) atoms. The van der Waals surface area contributed by atoms with Crippen LogP contribution < -0.4 is 5.32 Å². The molecule has 5 nitrogen and oxygen atoms in total. The molecule has 1 amide bonds. The SMILES string of the molecule is CCSc1nnc(NC(=O)c2cc(-c3ccccc3)oc2C)s1. The minimum atomic E-state index is -0.238. The number of nitrogens with zero attached hydrogens (tertiary/aromatic N) is 2. The van der Waals surface area contributed by atoms with Gasteiger partial charge < -0.3 is 4.42 Å². The summed E-state index contributed by atoms with van der Waals surface area (Å²) in [5, 5.41) is 11.3. The average molecular weight is 345 g/mol. The number of nitrogens with one attached hydrogen (secondary N) is 1. The molecule has 0 saturated carbocycles. The Kier molecular flexibility index (Phi) is 4.78. The molecular weight excluding hydrogens is 330 g/mol. The first-order chi connectivity index (χ1) is 11.2. The molecule has 0 aliphatic carbocycles. The van der Waals surface area contributed by atoms with E-state index in [4.69, 9.17) is 4.42 Å². The van der Waals surface area contributed by atoms with E-state index in [1.165, 1.54) is 11.3 Å². The molecule has 3 rings (SSSR count). The van der Waals surface area contributed by atoms with Crippen LogP contribution in [-0.4, -0.2) is 21.9 Å². The summed E-state index contributed by atoms with van der Waals surface area (Å²) in [5.41, 5.74) is 1.44. The van der Waals surface area contributed by atoms with Crippen LogP contribution in [0.3, 0.4) is 0 Å². The van der Waals surface area contributed by atoms with Crippen LogP contribution in [0.2, 0.25) is 0 Å². The highest BCUT2D eigenvalue weighted by atomic mass is 32.2. The maximum Gasteiger partial charge on any atom is 0.261 e. The fourth-order valence-electron chi connectivity index (χ4n) is 2.06. The molecule has 0 spiro atoms. The number of anilines is 1. The van der Waals surface area contributed by atoms with E-state index in [0.717, 1.165) is 15.7 Å². The summed E-state index contributed by atoms with van der Waals surface area (Å²) in [5.74, 6) is 1.93. The fraction of sp³-hybridized carbons (Fsp3) is 0.188. The predicted molar refractivity (Wildman–Crippen MR) is 93.1 cm³/mol. The number of aryl methyl sites for hydroxylation is 1. The first kappa shape index (κ1) is 15.8. The maximum absolute atomic E-state index is 12.4. The van der Waals surface area contributed by atoms with E-state index in [-0.39, 0.29) is 5.91 Å². The van der Waals surface area contributed by atoms with Crippen LogP contribution in [0.15, 0.2) is 45.2 Å². The van der Waals surface area contributed by atoms with Crippen LogP contribution >= 0.6 is 23.1 Å². The van der Waals surface area contributed by atoms with Gasteiger partial charge in [-0.2, -0.15) is 0 Å². The number of amides is 1. The predicted octanol–water partition coefficient (Wildman–Crippen LogP) is 4.47. The van der Waals surface area contributed by atoms with E-state index in [1.807, 2.05) is 37.3 Å². The van der Waals surface area contributed by atoms with Crippen LogP contribution in [0, 0.1) is 6.92 Å². The van der Waals surface area contributed by atoms with Gasteiger partial charge in [-0.15, -0.1) is 10.2 Å². The van der Waals surface area contributed by atoms with Crippen molar-refractivity contribution in [2.75, 3.05) is 11.1 Å². The molecule has 3 aromatic rings. The van der Waals surface area contributed by atoms with E-state index in [9.17, 15) is 4.79 Å². The molecule has 0 bridgehead atoms. The lowest BCUT2D eigenvalue weighted by Crippen LogP contribution is -2.11. The highest BCUT2D eigenvalue weighted by Gasteiger charge is 2.17. The summed E-state index contributed by atoms with van der Waals surface area (Å²) in [6.45, 7) is 3.82. The number of benzene rings is 1. The van der Waals surface area contributed by atoms with Crippen molar-refractivity contribution in [2.45, 2.75) is 18.2 Å². The number of aromatic nitrogens is 2. The largest absolute Gasteiger partial charge is 0.461 e. The molecule has 0 aliphatic rings. The van der Waals surface area contributed by atoms with Crippen molar-refractivity contribution in [3.8, 4) is 11.3 Å². The van der Waals surface area contributed by atoms with Crippen LogP contribution in [0.5, 0.6) is 0 Å². The monoisotopic (exact) mass is 345 g/mol. The lowest BCUT2D eigenvalue weighted by molar-refractivity contribution is 0.102. The molecule has 0 radical (unpaired) electrons. The second-order valence-corrected chi connectivity index (χ2v) is 7.20. The summed E-state index contributed by atoms with van der Waals surface area (Å²) in [4.78, 5) is 12.4. The Hall–Kier alpha value is -2.12. The Labute approximate surface area is 142 Å². The number of rotatable bonds is 5. The van der Waals surface area contributed by atoms with E-state index in [2.05, 4.69) is 15.5 Å². The number of thioether (sulfide) groups is 1. The molecule has 7 heteroatoms. The quantitative estimate of drug-likeness (QED) is 0.546. The zero-order valence-electron chi connectivity index (χ0n) is 12.7. The lowest BCUT2D eigenvalue weighted by atomic mass is 10.1. The van der Waals surface area contributed by atoms with Gasteiger partial charge >= 0.3 is 0 Å². The van der Waals surface area contributed by atoms with Gasteiger partial charge in [0.05, 0.1) is 5.56 Å². The van der Waals surface area contributed by atoms with Crippen molar-refractivity contribution in [2.24, 2.45) is 0 Å². The Morgan fingerprint density at radius 2 is 2.09 bits per heavy atom. The van der Waals surface area contributed by atoms with Gasteiger partial charge in [-0.25, -0.2) is 0 Å². The molecule has 0 unspecified atom stereocenters. The minimum Gasteiger partial charge on any atom is -0.461 e.